The zero-order chi connectivity index (χ0) is 15.7. The maximum absolute atomic E-state index is 12.3. The zero-order valence-corrected chi connectivity index (χ0v) is 14.1. The third-order valence-electron chi connectivity index (χ3n) is 4.21. The average Bonchev–Trinajstić information content (AvgIpc) is 3.23. The molecule has 1 aromatic rings. The summed E-state index contributed by atoms with van der Waals surface area (Å²) < 4.78 is 6.12. The molecule has 0 saturated heterocycles. The molecule has 2 amide bonds. The fourth-order valence-corrected chi connectivity index (χ4v) is 3.72. The van der Waals surface area contributed by atoms with Crippen LogP contribution in [0.1, 0.15) is 60.7 Å². The number of carboxylic acid groups (broad SMARTS) is 1. The molecule has 8 heteroatoms. The SMILES string of the molecule is O=C(O)N[C@H]1CC[C@H](NC(=O)c2noc(C3CC3)c2I)CC1. The van der Waals surface area contributed by atoms with Crippen molar-refractivity contribution in [3.8, 4) is 0 Å². The number of rotatable bonds is 4. The number of nitrogens with zero attached hydrogens (tertiary/aromatic N) is 1. The van der Waals surface area contributed by atoms with E-state index in [1.807, 2.05) is 0 Å². The minimum Gasteiger partial charge on any atom is -0.465 e. The minimum atomic E-state index is -0.989. The van der Waals surface area contributed by atoms with E-state index in [2.05, 4.69) is 38.4 Å². The maximum Gasteiger partial charge on any atom is 0.404 e. The summed E-state index contributed by atoms with van der Waals surface area (Å²) in [4.78, 5) is 22.9. The van der Waals surface area contributed by atoms with Crippen molar-refractivity contribution in [2.45, 2.75) is 56.5 Å². The molecule has 2 saturated carbocycles. The minimum absolute atomic E-state index is 0.0145. The van der Waals surface area contributed by atoms with Crippen LogP contribution in [-0.2, 0) is 0 Å². The number of hydrogen-bond acceptors (Lipinski definition) is 4. The summed E-state index contributed by atoms with van der Waals surface area (Å²) in [5, 5.41) is 18.1. The molecular weight excluding hydrogens is 401 g/mol. The van der Waals surface area contributed by atoms with E-state index in [4.69, 9.17) is 9.63 Å². The Bertz CT molecular complexity index is 577. The van der Waals surface area contributed by atoms with E-state index >= 15 is 0 Å². The zero-order valence-electron chi connectivity index (χ0n) is 12.0. The van der Waals surface area contributed by atoms with Gasteiger partial charge in [0.2, 0.25) is 0 Å². The second-order valence-corrected chi connectivity index (χ2v) is 7.03. The summed E-state index contributed by atoms with van der Waals surface area (Å²) in [6.45, 7) is 0. The molecule has 0 aromatic carbocycles. The van der Waals surface area contributed by atoms with Crippen molar-refractivity contribution in [1.82, 2.24) is 15.8 Å². The smallest absolute Gasteiger partial charge is 0.404 e. The molecule has 3 N–H and O–H groups in total. The van der Waals surface area contributed by atoms with Gasteiger partial charge < -0.3 is 20.3 Å². The van der Waals surface area contributed by atoms with Gasteiger partial charge in [-0.3, -0.25) is 4.79 Å². The summed E-state index contributed by atoms with van der Waals surface area (Å²) in [5.41, 5.74) is 0.369. The molecular formula is C14H18IN3O4. The van der Waals surface area contributed by atoms with Crippen molar-refractivity contribution in [3.05, 3.63) is 15.0 Å². The van der Waals surface area contributed by atoms with Gasteiger partial charge in [0.25, 0.3) is 5.91 Å². The molecule has 3 rings (SSSR count). The highest BCUT2D eigenvalue weighted by Gasteiger charge is 2.33. The van der Waals surface area contributed by atoms with Gasteiger partial charge in [-0.25, -0.2) is 4.79 Å². The summed E-state index contributed by atoms with van der Waals surface area (Å²) in [6, 6.07) is 0.0514. The third kappa shape index (κ3) is 3.53. The molecule has 0 aliphatic heterocycles. The number of aromatic nitrogens is 1. The number of amides is 2. The molecule has 2 fully saturated rings. The van der Waals surface area contributed by atoms with Gasteiger partial charge in [-0.15, -0.1) is 0 Å². The monoisotopic (exact) mass is 419 g/mol. The van der Waals surface area contributed by atoms with Gasteiger partial charge in [0.05, 0.1) is 3.57 Å². The lowest BCUT2D eigenvalue weighted by Gasteiger charge is -2.28. The van der Waals surface area contributed by atoms with Gasteiger partial charge in [0.15, 0.2) is 11.5 Å². The van der Waals surface area contributed by atoms with Crippen molar-refractivity contribution in [2.24, 2.45) is 0 Å². The molecule has 0 spiro atoms. The molecule has 0 radical (unpaired) electrons. The summed E-state index contributed by atoms with van der Waals surface area (Å²) >= 11 is 2.12. The van der Waals surface area contributed by atoms with Crippen molar-refractivity contribution in [1.29, 1.82) is 0 Å². The Morgan fingerprint density at radius 1 is 1.09 bits per heavy atom. The Labute approximate surface area is 141 Å². The Balaban J connectivity index is 1.53. The number of nitrogens with one attached hydrogen (secondary N) is 2. The second kappa shape index (κ2) is 6.43. The Kier molecular flexibility index (Phi) is 4.55. The molecule has 22 heavy (non-hydrogen) atoms. The van der Waals surface area contributed by atoms with Gasteiger partial charge in [-0.1, -0.05) is 5.16 Å². The molecule has 1 aromatic heterocycles. The lowest BCUT2D eigenvalue weighted by Crippen LogP contribution is -2.43. The molecule has 0 bridgehead atoms. The van der Waals surface area contributed by atoms with Crippen LogP contribution in [0.15, 0.2) is 4.52 Å². The van der Waals surface area contributed by atoms with Crippen LogP contribution in [0.3, 0.4) is 0 Å². The van der Waals surface area contributed by atoms with E-state index in [1.54, 1.807) is 0 Å². The number of hydrogen-bond donors (Lipinski definition) is 3. The topological polar surface area (TPSA) is 104 Å². The van der Waals surface area contributed by atoms with Crippen LogP contribution >= 0.6 is 22.6 Å². The van der Waals surface area contributed by atoms with Crippen LogP contribution < -0.4 is 10.6 Å². The number of carbonyl (C=O) groups excluding carboxylic acids is 1. The highest BCUT2D eigenvalue weighted by Crippen LogP contribution is 2.42. The number of halogens is 1. The molecule has 7 nitrogen and oxygen atoms in total. The van der Waals surface area contributed by atoms with Crippen molar-refractivity contribution >= 4 is 34.6 Å². The highest BCUT2D eigenvalue weighted by atomic mass is 127. The predicted octanol–water partition coefficient (Wildman–Crippen LogP) is 2.47. The van der Waals surface area contributed by atoms with Crippen molar-refractivity contribution in [3.63, 3.8) is 0 Å². The summed E-state index contributed by atoms with van der Waals surface area (Å²) in [6.07, 6.45) is 4.22. The normalized spacial score (nSPS) is 24.8. The standard InChI is InChI=1S/C14H18IN3O4/c15-10-11(18-22-12(10)7-1-2-7)13(19)16-8-3-5-9(6-4-8)17-14(20)21/h7-9,17H,1-6H2,(H,16,19)(H,20,21)/t8-,9-. The third-order valence-corrected chi connectivity index (χ3v) is 5.26. The maximum atomic E-state index is 12.3. The van der Waals surface area contributed by atoms with Crippen LogP contribution in [0, 0.1) is 3.57 Å². The first-order valence-corrected chi connectivity index (χ1v) is 8.58. The van der Waals surface area contributed by atoms with Gasteiger partial charge in [-0.05, 0) is 61.1 Å². The highest BCUT2D eigenvalue weighted by molar-refractivity contribution is 14.1. The molecule has 0 unspecified atom stereocenters. The van der Waals surface area contributed by atoms with Crippen LogP contribution in [0.25, 0.3) is 0 Å². The van der Waals surface area contributed by atoms with Crippen molar-refractivity contribution in [2.75, 3.05) is 0 Å². The van der Waals surface area contributed by atoms with E-state index in [-0.39, 0.29) is 18.0 Å². The Morgan fingerprint density at radius 2 is 1.68 bits per heavy atom. The Morgan fingerprint density at radius 3 is 2.23 bits per heavy atom. The lowest BCUT2D eigenvalue weighted by atomic mass is 9.91. The molecule has 2 aliphatic carbocycles. The van der Waals surface area contributed by atoms with Gasteiger partial charge in [-0.2, -0.15) is 0 Å². The van der Waals surface area contributed by atoms with Crippen LogP contribution in [-0.4, -0.2) is 34.3 Å². The second-order valence-electron chi connectivity index (χ2n) is 5.96. The van der Waals surface area contributed by atoms with Gasteiger partial charge in [0.1, 0.15) is 0 Å². The van der Waals surface area contributed by atoms with Crippen LogP contribution in [0.2, 0.25) is 0 Å². The molecule has 120 valence electrons. The molecule has 1 heterocycles. The van der Waals surface area contributed by atoms with Gasteiger partial charge in [0, 0.05) is 18.0 Å². The average molecular weight is 419 g/mol. The lowest BCUT2D eigenvalue weighted by molar-refractivity contribution is 0.0913. The fraction of sp³-hybridized carbons (Fsp3) is 0.643. The first-order chi connectivity index (χ1) is 10.5. The van der Waals surface area contributed by atoms with E-state index in [1.165, 1.54) is 0 Å². The summed E-state index contributed by atoms with van der Waals surface area (Å²) in [5.74, 6) is 1.06. The van der Waals surface area contributed by atoms with Crippen LogP contribution in [0.5, 0.6) is 0 Å². The van der Waals surface area contributed by atoms with E-state index < -0.39 is 6.09 Å². The van der Waals surface area contributed by atoms with E-state index in [0.717, 1.165) is 47.9 Å². The van der Waals surface area contributed by atoms with Crippen molar-refractivity contribution < 1.29 is 19.2 Å². The fourth-order valence-electron chi connectivity index (χ4n) is 2.84. The quantitative estimate of drug-likeness (QED) is 0.651. The first kappa shape index (κ1) is 15.6. The molecule has 0 atom stereocenters. The van der Waals surface area contributed by atoms with Crippen LogP contribution in [0.4, 0.5) is 4.79 Å². The van der Waals surface area contributed by atoms with E-state index in [9.17, 15) is 9.59 Å². The molecule has 2 aliphatic rings. The first-order valence-electron chi connectivity index (χ1n) is 7.50. The van der Waals surface area contributed by atoms with Gasteiger partial charge >= 0.3 is 6.09 Å². The Hall–Kier alpha value is -1.32. The summed E-state index contributed by atoms with van der Waals surface area (Å²) in [7, 11) is 0. The predicted molar refractivity (Wildman–Crippen MR) is 85.9 cm³/mol. The number of carbonyl (C=O) groups is 2. The largest absolute Gasteiger partial charge is 0.465 e. The van der Waals surface area contributed by atoms with E-state index in [0.29, 0.717) is 11.6 Å².